The molecule has 0 spiro atoms. The summed E-state index contributed by atoms with van der Waals surface area (Å²) in [6, 6.07) is 6.55. The Kier molecular flexibility index (Phi) is 4.24. The van der Waals surface area contributed by atoms with Gasteiger partial charge in [-0.1, -0.05) is 0 Å². The van der Waals surface area contributed by atoms with Crippen LogP contribution in [0.5, 0.6) is 5.75 Å². The van der Waals surface area contributed by atoms with E-state index in [9.17, 15) is 14.4 Å². The van der Waals surface area contributed by atoms with E-state index < -0.39 is 29.3 Å². The monoisotopic (exact) mass is 346 g/mol. The van der Waals surface area contributed by atoms with Crippen LogP contribution in [0, 0.1) is 0 Å². The topological polar surface area (TPSA) is 92.0 Å². The molecule has 1 aliphatic rings. The second-order valence-electron chi connectivity index (χ2n) is 6.25. The first-order valence-electron chi connectivity index (χ1n) is 7.83. The Morgan fingerprint density at radius 3 is 2.68 bits per heavy atom. The van der Waals surface area contributed by atoms with Crippen LogP contribution in [-0.4, -0.2) is 30.3 Å². The minimum Gasteiger partial charge on any atom is -0.485 e. The molecule has 1 aliphatic heterocycles. The molecule has 0 aliphatic carbocycles. The van der Waals surface area contributed by atoms with Crippen LogP contribution in [0.2, 0.25) is 0 Å². The van der Waals surface area contributed by atoms with Crippen LogP contribution in [-0.2, 0) is 25.5 Å². The maximum Gasteiger partial charge on any atom is 0.336 e. The van der Waals surface area contributed by atoms with Crippen molar-refractivity contribution in [1.82, 2.24) is 0 Å². The quantitative estimate of drug-likeness (QED) is 0.617. The molecule has 25 heavy (non-hydrogen) atoms. The largest absolute Gasteiger partial charge is 0.485 e. The zero-order valence-electron chi connectivity index (χ0n) is 14.2. The van der Waals surface area contributed by atoms with Gasteiger partial charge in [-0.3, -0.25) is 9.59 Å². The van der Waals surface area contributed by atoms with Gasteiger partial charge in [-0.05, 0) is 24.6 Å². The van der Waals surface area contributed by atoms with Crippen molar-refractivity contribution in [3.05, 3.63) is 40.2 Å². The van der Waals surface area contributed by atoms with Gasteiger partial charge >= 0.3 is 17.6 Å². The summed E-state index contributed by atoms with van der Waals surface area (Å²) in [5.74, 6) is -0.417. The summed E-state index contributed by atoms with van der Waals surface area (Å²) in [6.07, 6.45) is -0.0654. The molecule has 2 aromatic rings. The molecule has 1 aromatic carbocycles. The predicted molar refractivity (Wildman–Crippen MR) is 87.4 cm³/mol. The Hall–Kier alpha value is -2.83. The predicted octanol–water partition coefficient (Wildman–Crippen LogP) is 1.98. The highest BCUT2D eigenvalue weighted by molar-refractivity contribution is 5.79. The van der Waals surface area contributed by atoms with Crippen LogP contribution in [0.3, 0.4) is 0 Å². The summed E-state index contributed by atoms with van der Waals surface area (Å²) in [7, 11) is 0. The van der Waals surface area contributed by atoms with E-state index in [0.717, 1.165) is 10.9 Å². The Morgan fingerprint density at radius 2 is 2.00 bits per heavy atom. The lowest BCUT2D eigenvalue weighted by Gasteiger charge is -2.33. The zero-order chi connectivity index (χ0) is 18.2. The number of benzene rings is 1. The van der Waals surface area contributed by atoms with Crippen molar-refractivity contribution >= 4 is 22.9 Å². The molecule has 0 radical (unpaired) electrons. The molecule has 0 saturated carbocycles. The number of fused-ring (bicyclic) bond motifs is 2. The fraction of sp³-hybridized carbons (Fsp3) is 0.389. The average Bonchev–Trinajstić information content (AvgIpc) is 2.93. The number of rotatable bonds is 4. The van der Waals surface area contributed by atoms with E-state index in [-0.39, 0.29) is 6.61 Å². The number of esters is 2. The molecule has 132 valence electrons. The maximum atomic E-state index is 11.5. The second-order valence-corrected chi connectivity index (χ2v) is 6.25. The van der Waals surface area contributed by atoms with Crippen molar-refractivity contribution in [2.45, 2.75) is 38.9 Å². The third-order valence-corrected chi connectivity index (χ3v) is 4.10. The summed E-state index contributed by atoms with van der Waals surface area (Å²) in [5.41, 5.74) is -0.265. The fourth-order valence-corrected chi connectivity index (χ4v) is 2.91. The first kappa shape index (κ1) is 17.0. The van der Waals surface area contributed by atoms with Crippen molar-refractivity contribution in [2.24, 2.45) is 0 Å². The van der Waals surface area contributed by atoms with Crippen LogP contribution in [0.25, 0.3) is 11.0 Å². The smallest absolute Gasteiger partial charge is 0.336 e. The molecule has 0 bridgehead atoms. The first-order chi connectivity index (χ1) is 11.8. The number of hydrogen-bond acceptors (Lipinski definition) is 7. The lowest BCUT2D eigenvalue weighted by molar-refractivity contribution is -0.179. The van der Waals surface area contributed by atoms with Crippen LogP contribution < -0.4 is 10.4 Å². The highest BCUT2D eigenvalue weighted by Crippen LogP contribution is 2.37. The van der Waals surface area contributed by atoms with E-state index in [2.05, 4.69) is 0 Å². The van der Waals surface area contributed by atoms with Crippen LogP contribution in [0.1, 0.15) is 26.3 Å². The van der Waals surface area contributed by atoms with E-state index in [0.29, 0.717) is 17.8 Å². The summed E-state index contributed by atoms with van der Waals surface area (Å²) >= 11 is 0. The van der Waals surface area contributed by atoms with Gasteiger partial charge in [-0.15, -0.1) is 0 Å². The van der Waals surface area contributed by atoms with E-state index in [1.54, 1.807) is 19.1 Å². The molecule has 0 saturated heterocycles. The van der Waals surface area contributed by atoms with Gasteiger partial charge in [-0.2, -0.15) is 0 Å². The average molecular weight is 346 g/mol. The van der Waals surface area contributed by atoms with Crippen LogP contribution >= 0.6 is 0 Å². The van der Waals surface area contributed by atoms with Gasteiger partial charge in [0.25, 0.3) is 0 Å². The molecule has 0 fully saturated rings. The molecule has 1 aromatic heterocycles. The number of carbonyl (C=O) groups is 2. The van der Waals surface area contributed by atoms with E-state index >= 15 is 0 Å². The first-order valence-corrected chi connectivity index (χ1v) is 7.83. The standard InChI is InChI=1S/C18H18O7/c1-10(19)22-9-18(3,25-11(2)20)16-7-13-6-12-4-5-17(21)24-14(12)8-15(13)23-16/h4-6,8,16H,7,9H2,1-3H3/t16-,18+/m1/s1. The number of ether oxygens (including phenoxy) is 3. The Labute approximate surface area is 143 Å². The van der Waals surface area contributed by atoms with Gasteiger partial charge in [0.2, 0.25) is 0 Å². The molecule has 0 amide bonds. The van der Waals surface area contributed by atoms with Crippen molar-refractivity contribution in [3.63, 3.8) is 0 Å². The lowest BCUT2D eigenvalue weighted by atomic mass is 9.95. The molecule has 0 N–H and O–H groups in total. The number of carbonyl (C=O) groups excluding carboxylic acids is 2. The molecule has 7 heteroatoms. The molecule has 2 atom stereocenters. The zero-order valence-corrected chi connectivity index (χ0v) is 14.2. The minimum absolute atomic E-state index is 0.116. The maximum absolute atomic E-state index is 11.5. The Balaban J connectivity index is 1.91. The summed E-state index contributed by atoms with van der Waals surface area (Å²) in [6.45, 7) is 4.12. The van der Waals surface area contributed by atoms with Crippen LogP contribution in [0.15, 0.2) is 33.5 Å². The van der Waals surface area contributed by atoms with Gasteiger partial charge in [0, 0.05) is 37.8 Å². The highest BCUT2D eigenvalue weighted by atomic mass is 16.6. The molecule has 3 rings (SSSR count). The molecule has 7 nitrogen and oxygen atoms in total. The highest BCUT2D eigenvalue weighted by Gasteiger charge is 2.44. The van der Waals surface area contributed by atoms with Crippen molar-refractivity contribution < 1.29 is 28.2 Å². The SMILES string of the molecule is CC(=O)OC[C@](C)(OC(C)=O)[C@H]1Cc2cc3ccc(=O)oc3cc2O1. The van der Waals surface area contributed by atoms with Gasteiger partial charge in [0.1, 0.15) is 24.0 Å². The molecular weight excluding hydrogens is 328 g/mol. The molecule has 2 heterocycles. The van der Waals surface area contributed by atoms with Crippen LogP contribution in [0.4, 0.5) is 0 Å². The van der Waals surface area contributed by atoms with Gasteiger partial charge < -0.3 is 18.6 Å². The van der Waals surface area contributed by atoms with Crippen molar-refractivity contribution in [3.8, 4) is 5.75 Å². The van der Waals surface area contributed by atoms with Gasteiger partial charge in [0.15, 0.2) is 5.60 Å². The fourth-order valence-electron chi connectivity index (χ4n) is 2.91. The third-order valence-electron chi connectivity index (χ3n) is 4.10. The Morgan fingerprint density at radius 1 is 1.24 bits per heavy atom. The second kappa shape index (κ2) is 6.23. The number of hydrogen-bond donors (Lipinski definition) is 0. The summed E-state index contributed by atoms with van der Waals surface area (Å²) in [4.78, 5) is 34.0. The van der Waals surface area contributed by atoms with E-state index in [4.69, 9.17) is 18.6 Å². The van der Waals surface area contributed by atoms with E-state index in [1.807, 2.05) is 6.07 Å². The van der Waals surface area contributed by atoms with Gasteiger partial charge in [-0.25, -0.2) is 4.79 Å². The summed E-state index contributed by atoms with van der Waals surface area (Å²) < 4.78 is 21.5. The van der Waals surface area contributed by atoms with Crippen molar-refractivity contribution in [2.75, 3.05) is 6.61 Å². The summed E-state index contributed by atoms with van der Waals surface area (Å²) in [5, 5.41) is 0.775. The normalized spacial score (nSPS) is 18.1. The molecular formula is C18H18O7. The minimum atomic E-state index is -1.14. The lowest BCUT2D eigenvalue weighted by Crippen LogP contribution is -2.50. The molecule has 0 unspecified atom stereocenters. The Bertz CT molecular complexity index is 898. The van der Waals surface area contributed by atoms with E-state index in [1.165, 1.54) is 19.9 Å². The third kappa shape index (κ3) is 3.50. The van der Waals surface area contributed by atoms with Gasteiger partial charge in [0.05, 0.1) is 0 Å². The van der Waals surface area contributed by atoms with Crippen molar-refractivity contribution in [1.29, 1.82) is 0 Å².